The molecule has 3 rings (SSSR count). The molecule has 1 aromatic carbocycles. The third-order valence-electron chi connectivity index (χ3n) is 5.01. The van der Waals surface area contributed by atoms with E-state index < -0.39 is 6.61 Å². The molecule has 0 radical (unpaired) electrons. The molecule has 25 heavy (non-hydrogen) atoms. The van der Waals surface area contributed by atoms with E-state index >= 15 is 0 Å². The van der Waals surface area contributed by atoms with Crippen LogP contribution >= 0.6 is 0 Å². The van der Waals surface area contributed by atoms with Crippen LogP contribution in [0, 0.1) is 0 Å². The number of alkyl halides is 2. The monoisotopic (exact) mass is 350 g/mol. The molecule has 1 amide bonds. The summed E-state index contributed by atoms with van der Waals surface area (Å²) < 4.78 is 29.3. The average molecular weight is 350 g/mol. The number of piperazine rings is 1. The topological polar surface area (TPSA) is 32.8 Å². The number of ether oxygens (including phenoxy) is 1. The fraction of sp³-hybridized carbons (Fsp3) is 0.526. The van der Waals surface area contributed by atoms with Crippen molar-refractivity contribution in [3.63, 3.8) is 0 Å². The van der Waals surface area contributed by atoms with Gasteiger partial charge in [0.2, 0.25) is 5.91 Å². The molecule has 1 saturated carbocycles. The summed E-state index contributed by atoms with van der Waals surface area (Å²) in [5.74, 6) is -0.00877. The van der Waals surface area contributed by atoms with Crippen molar-refractivity contribution in [2.45, 2.75) is 38.3 Å². The van der Waals surface area contributed by atoms with Crippen LogP contribution in [0.2, 0.25) is 0 Å². The Kier molecular flexibility index (Phi) is 6.02. The Morgan fingerprint density at radius 1 is 1.12 bits per heavy atom. The quantitative estimate of drug-likeness (QED) is 0.763. The summed E-state index contributed by atoms with van der Waals surface area (Å²) in [6.07, 6.45) is 8.16. The number of nitrogens with zero attached hydrogens (tertiary/aromatic N) is 2. The van der Waals surface area contributed by atoms with E-state index in [1.807, 2.05) is 4.90 Å². The number of benzene rings is 1. The highest BCUT2D eigenvalue weighted by atomic mass is 19.3. The summed E-state index contributed by atoms with van der Waals surface area (Å²) in [5.41, 5.74) is 0.473. The summed E-state index contributed by atoms with van der Waals surface area (Å²) in [6.45, 7) is 0.378. The van der Waals surface area contributed by atoms with Gasteiger partial charge in [-0.05, 0) is 25.0 Å². The lowest BCUT2D eigenvalue weighted by molar-refractivity contribution is -0.127. The predicted molar refractivity (Wildman–Crippen MR) is 92.5 cm³/mol. The van der Waals surface area contributed by atoms with Crippen molar-refractivity contribution in [1.82, 2.24) is 9.80 Å². The Labute approximate surface area is 147 Å². The Hall–Kier alpha value is -1.95. The Morgan fingerprint density at radius 2 is 1.80 bits per heavy atom. The van der Waals surface area contributed by atoms with Crippen molar-refractivity contribution >= 4 is 12.0 Å². The molecule has 1 aromatic rings. The van der Waals surface area contributed by atoms with Gasteiger partial charge in [0.05, 0.1) is 0 Å². The van der Waals surface area contributed by atoms with Gasteiger partial charge in [0.15, 0.2) is 0 Å². The SMILES string of the molecule is O=C(/C=C/c1ccccc1OC(F)F)N1CCN(C2CCCC2)CC1. The number of rotatable bonds is 5. The number of hydrogen-bond acceptors (Lipinski definition) is 3. The molecule has 4 nitrogen and oxygen atoms in total. The van der Waals surface area contributed by atoms with Crippen molar-refractivity contribution in [1.29, 1.82) is 0 Å². The molecule has 1 aliphatic carbocycles. The molecule has 0 unspecified atom stereocenters. The fourth-order valence-electron chi connectivity index (χ4n) is 3.66. The summed E-state index contributed by atoms with van der Waals surface area (Å²) in [7, 11) is 0. The third kappa shape index (κ3) is 4.78. The molecular formula is C19H24F2N2O2. The van der Waals surface area contributed by atoms with E-state index in [0.29, 0.717) is 11.6 Å². The Morgan fingerprint density at radius 3 is 2.48 bits per heavy atom. The maximum atomic E-state index is 12.4. The van der Waals surface area contributed by atoms with Crippen LogP contribution in [0.5, 0.6) is 5.75 Å². The van der Waals surface area contributed by atoms with Crippen LogP contribution in [-0.4, -0.2) is 54.5 Å². The summed E-state index contributed by atoms with van der Waals surface area (Å²) >= 11 is 0. The Bertz CT molecular complexity index is 607. The van der Waals surface area contributed by atoms with Crippen LogP contribution in [0.1, 0.15) is 31.2 Å². The largest absolute Gasteiger partial charge is 0.434 e. The van der Waals surface area contributed by atoms with E-state index in [1.165, 1.54) is 37.8 Å². The highest BCUT2D eigenvalue weighted by Crippen LogP contribution is 2.25. The molecule has 1 saturated heterocycles. The van der Waals surface area contributed by atoms with Crippen molar-refractivity contribution in [3.05, 3.63) is 35.9 Å². The normalized spacial score (nSPS) is 19.9. The number of halogens is 2. The van der Waals surface area contributed by atoms with Crippen LogP contribution in [0.3, 0.4) is 0 Å². The van der Waals surface area contributed by atoms with Crippen LogP contribution in [0.4, 0.5) is 8.78 Å². The lowest BCUT2D eigenvalue weighted by Gasteiger charge is -2.37. The predicted octanol–water partition coefficient (Wildman–Crippen LogP) is 3.39. The molecule has 0 bridgehead atoms. The molecular weight excluding hydrogens is 326 g/mol. The number of para-hydroxylation sites is 1. The van der Waals surface area contributed by atoms with Gasteiger partial charge in [-0.15, -0.1) is 0 Å². The average Bonchev–Trinajstić information content (AvgIpc) is 3.15. The maximum absolute atomic E-state index is 12.4. The van der Waals surface area contributed by atoms with Crippen molar-refractivity contribution in [3.8, 4) is 5.75 Å². The van der Waals surface area contributed by atoms with E-state index in [-0.39, 0.29) is 11.7 Å². The van der Waals surface area contributed by atoms with E-state index in [0.717, 1.165) is 26.2 Å². The molecule has 0 atom stereocenters. The summed E-state index contributed by atoms with van der Waals surface area (Å²) in [5, 5.41) is 0. The molecule has 0 N–H and O–H groups in total. The summed E-state index contributed by atoms with van der Waals surface area (Å²) in [6, 6.07) is 7.16. The zero-order valence-electron chi connectivity index (χ0n) is 14.2. The minimum atomic E-state index is -2.88. The van der Waals surface area contributed by atoms with Gasteiger partial charge in [0, 0.05) is 43.9 Å². The van der Waals surface area contributed by atoms with Gasteiger partial charge < -0.3 is 9.64 Å². The first-order chi connectivity index (χ1) is 12.1. The number of hydrogen-bond donors (Lipinski definition) is 0. The van der Waals surface area contributed by atoms with Crippen molar-refractivity contribution in [2.24, 2.45) is 0 Å². The van der Waals surface area contributed by atoms with Crippen molar-refractivity contribution < 1.29 is 18.3 Å². The third-order valence-corrected chi connectivity index (χ3v) is 5.01. The number of carbonyl (C=O) groups excluding carboxylic acids is 1. The summed E-state index contributed by atoms with van der Waals surface area (Å²) in [4.78, 5) is 16.7. The molecule has 1 heterocycles. The number of amides is 1. The molecule has 0 spiro atoms. The minimum absolute atomic E-state index is 0.0765. The first kappa shape index (κ1) is 17.9. The highest BCUT2D eigenvalue weighted by Gasteiger charge is 2.27. The molecule has 0 aromatic heterocycles. The smallest absolute Gasteiger partial charge is 0.387 e. The van der Waals surface area contributed by atoms with E-state index in [4.69, 9.17) is 0 Å². The minimum Gasteiger partial charge on any atom is -0.434 e. The van der Waals surface area contributed by atoms with Crippen LogP contribution in [-0.2, 0) is 4.79 Å². The molecule has 1 aliphatic heterocycles. The lowest BCUT2D eigenvalue weighted by Crippen LogP contribution is -2.51. The van der Waals surface area contributed by atoms with Crippen LogP contribution in [0.15, 0.2) is 30.3 Å². The lowest BCUT2D eigenvalue weighted by atomic mass is 10.1. The van der Waals surface area contributed by atoms with Gasteiger partial charge in [-0.1, -0.05) is 31.0 Å². The standard InChI is InChI=1S/C19H24F2N2O2/c20-19(21)25-17-8-4-1-5-15(17)9-10-18(24)23-13-11-22(12-14-23)16-6-2-3-7-16/h1,4-5,8-10,16,19H,2-3,6-7,11-14H2/b10-9+. The number of carbonyl (C=O) groups is 1. The second-order valence-corrected chi connectivity index (χ2v) is 6.55. The molecule has 6 heteroatoms. The van der Waals surface area contributed by atoms with Gasteiger partial charge in [0.25, 0.3) is 0 Å². The van der Waals surface area contributed by atoms with Gasteiger partial charge in [-0.2, -0.15) is 8.78 Å². The van der Waals surface area contributed by atoms with E-state index in [1.54, 1.807) is 24.3 Å². The Balaban J connectivity index is 1.55. The zero-order chi connectivity index (χ0) is 17.6. The molecule has 2 fully saturated rings. The second-order valence-electron chi connectivity index (χ2n) is 6.55. The zero-order valence-corrected chi connectivity index (χ0v) is 14.2. The fourth-order valence-corrected chi connectivity index (χ4v) is 3.66. The van der Waals surface area contributed by atoms with E-state index in [2.05, 4.69) is 9.64 Å². The molecule has 136 valence electrons. The first-order valence-electron chi connectivity index (χ1n) is 8.88. The van der Waals surface area contributed by atoms with Gasteiger partial charge in [0.1, 0.15) is 5.75 Å². The second kappa shape index (κ2) is 8.43. The first-order valence-corrected chi connectivity index (χ1v) is 8.88. The van der Waals surface area contributed by atoms with Gasteiger partial charge in [-0.25, -0.2) is 0 Å². The molecule has 2 aliphatic rings. The van der Waals surface area contributed by atoms with Gasteiger partial charge in [-0.3, -0.25) is 9.69 Å². The van der Waals surface area contributed by atoms with Crippen LogP contribution < -0.4 is 4.74 Å². The van der Waals surface area contributed by atoms with Gasteiger partial charge >= 0.3 is 6.61 Å². The van der Waals surface area contributed by atoms with E-state index in [9.17, 15) is 13.6 Å². The van der Waals surface area contributed by atoms with Crippen LogP contribution in [0.25, 0.3) is 6.08 Å². The van der Waals surface area contributed by atoms with Crippen molar-refractivity contribution in [2.75, 3.05) is 26.2 Å². The maximum Gasteiger partial charge on any atom is 0.387 e. The highest BCUT2D eigenvalue weighted by molar-refractivity contribution is 5.92.